The van der Waals surface area contributed by atoms with Gasteiger partial charge in [0, 0.05) is 18.8 Å². The van der Waals surface area contributed by atoms with Crippen molar-refractivity contribution in [2.75, 3.05) is 18.8 Å². The van der Waals surface area contributed by atoms with Crippen LogP contribution in [0.15, 0.2) is 76.8 Å². The Morgan fingerprint density at radius 3 is 2.65 bits per heavy atom. The maximum atomic E-state index is 13.4. The average Bonchev–Trinajstić information content (AvgIpc) is 3.19. The molecule has 0 bridgehead atoms. The number of thioether (sulfide) groups is 1. The molecule has 34 heavy (non-hydrogen) atoms. The third-order valence-corrected chi connectivity index (χ3v) is 9.27. The number of carboxylic acid groups (broad SMARTS) is 1. The summed E-state index contributed by atoms with van der Waals surface area (Å²) in [7, 11) is -3.59. The van der Waals surface area contributed by atoms with E-state index < -0.39 is 16.0 Å². The Labute approximate surface area is 202 Å². The van der Waals surface area contributed by atoms with Crippen molar-refractivity contribution in [3.05, 3.63) is 66.7 Å². The van der Waals surface area contributed by atoms with Crippen LogP contribution in [0.25, 0.3) is 21.8 Å². The molecule has 1 saturated heterocycles. The van der Waals surface area contributed by atoms with Crippen LogP contribution in [0.1, 0.15) is 12.8 Å². The number of aliphatic carboxylic acids is 1. The summed E-state index contributed by atoms with van der Waals surface area (Å²) in [6, 6.07) is 20.5. The zero-order chi connectivity index (χ0) is 23.7. The van der Waals surface area contributed by atoms with Gasteiger partial charge in [-0.1, -0.05) is 54.2 Å². The molecule has 1 N–H and O–H groups in total. The molecule has 5 rings (SSSR count). The first-order chi connectivity index (χ1) is 16.4. The van der Waals surface area contributed by atoms with Gasteiger partial charge in [-0.05, 0) is 53.8 Å². The van der Waals surface area contributed by atoms with Crippen LogP contribution in [0, 0.1) is 5.92 Å². The fraction of sp³-hybridized carbons (Fsp3) is 0.280. The monoisotopic (exact) mass is 495 g/mol. The SMILES string of the molecule is O=C(O)Cn1c(SCC2CCCN(S(=O)(=O)c3ccc4ccccc4c3)C2)nc2ccccc21. The summed E-state index contributed by atoms with van der Waals surface area (Å²) < 4.78 is 30.1. The third-order valence-electron chi connectivity index (χ3n) is 6.20. The molecule has 1 atom stereocenters. The molecule has 2 heterocycles. The van der Waals surface area contributed by atoms with Gasteiger partial charge in [-0.15, -0.1) is 0 Å². The van der Waals surface area contributed by atoms with Gasteiger partial charge in [0.1, 0.15) is 6.54 Å². The summed E-state index contributed by atoms with van der Waals surface area (Å²) in [6.45, 7) is 0.797. The highest BCUT2D eigenvalue weighted by molar-refractivity contribution is 7.99. The van der Waals surface area contributed by atoms with E-state index in [1.165, 1.54) is 11.8 Å². The molecule has 0 spiro atoms. The van der Waals surface area contributed by atoms with Gasteiger partial charge in [0.15, 0.2) is 5.16 Å². The molecule has 1 unspecified atom stereocenters. The average molecular weight is 496 g/mol. The number of piperidine rings is 1. The maximum absolute atomic E-state index is 13.4. The topological polar surface area (TPSA) is 92.5 Å². The van der Waals surface area contributed by atoms with E-state index in [0.29, 0.717) is 28.9 Å². The van der Waals surface area contributed by atoms with Crippen molar-refractivity contribution in [1.29, 1.82) is 0 Å². The van der Waals surface area contributed by atoms with Gasteiger partial charge in [-0.3, -0.25) is 4.79 Å². The minimum atomic E-state index is -3.59. The van der Waals surface area contributed by atoms with Crippen molar-refractivity contribution < 1.29 is 18.3 Å². The Hall–Kier alpha value is -2.88. The van der Waals surface area contributed by atoms with Crippen LogP contribution in [0.5, 0.6) is 0 Å². The lowest BCUT2D eigenvalue weighted by molar-refractivity contribution is -0.137. The van der Waals surface area contributed by atoms with E-state index in [-0.39, 0.29) is 12.5 Å². The number of para-hydroxylation sites is 2. The van der Waals surface area contributed by atoms with Crippen LogP contribution >= 0.6 is 11.8 Å². The summed E-state index contributed by atoms with van der Waals surface area (Å²) in [5.41, 5.74) is 1.55. The Morgan fingerprint density at radius 1 is 1.06 bits per heavy atom. The number of carboxylic acids is 1. The molecular weight excluding hydrogens is 470 g/mol. The summed E-state index contributed by atoms with van der Waals surface area (Å²) in [4.78, 5) is 16.4. The fourth-order valence-electron chi connectivity index (χ4n) is 4.50. The number of hydrogen-bond donors (Lipinski definition) is 1. The second-order valence-corrected chi connectivity index (χ2v) is 11.5. The van der Waals surface area contributed by atoms with E-state index >= 15 is 0 Å². The van der Waals surface area contributed by atoms with Gasteiger partial charge in [0.2, 0.25) is 10.0 Å². The number of rotatable bonds is 7. The number of fused-ring (bicyclic) bond motifs is 2. The number of carbonyl (C=O) groups is 1. The molecular formula is C25H25N3O4S2. The first-order valence-corrected chi connectivity index (χ1v) is 13.6. The van der Waals surface area contributed by atoms with Gasteiger partial charge in [-0.25, -0.2) is 13.4 Å². The first-order valence-electron chi connectivity index (χ1n) is 11.2. The molecule has 4 aromatic rings. The van der Waals surface area contributed by atoms with Gasteiger partial charge in [0.05, 0.1) is 15.9 Å². The Morgan fingerprint density at radius 2 is 1.82 bits per heavy atom. The van der Waals surface area contributed by atoms with Gasteiger partial charge in [-0.2, -0.15) is 4.31 Å². The molecule has 1 fully saturated rings. The molecule has 176 valence electrons. The summed E-state index contributed by atoms with van der Waals surface area (Å²) in [5.74, 6) is -0.0884. The van der Waals surface area contributed by atoms with Crippen molar-refractivity contribution >= 4 is 49.6 Å². The highest BCUT2D eigenvalue weighted by Gasteiger charge is 2.30. The van der Waals surface area contributed by atoms with Crippen molar-refractivity contribution in [3.8, 4) is 0 Å². The number of imidazole rings is 1. The Bertz CT molecular complexity index is 1470. The van der Waals surface area contributed by atoms with Crippen molar-refractivity contribution in [2.45, 2.75) is 29.4 Å². The predicted octanol–water partition coefficient (Wildman–Crippen LogP) is 4.47. The van der Waals surface area contributed by atoms with Crippen molar-refractivity contribution in [3.63, 3.8) is 0 Å². The fourth-order valence-corrected chi connectivity index (χ4v) is 7.23. The lowest BCUT2D eigenvalue weighted by Crippen LogP contribution is -2.40. The highest BCUT2D eigenvalue weighted by Crippen LogP contribution is 2.31. The number of nitrogens with zero attached hydrogens (tertiary/aromatic N) is 3. The Balaban J connectivity index is 1.32. The summed E-state index contributed by atoms with van der Waals surface area (Å²) >= 11 is 1.50. The molecule has 1 aromatic heterocycles. The van der Waals surface area contributed by atoms with E-state index in [2.05, 4.69) is 4.98 Å². The van der Waals surface area contributed by atoms with Gasteiger partial charge in [0.25, 0.3) is 0 Å². The van der Waals surface area contributed by atoms with E-state index in [0.717, 1.165) is 34.6 Å². The number of sulfonamides is 1. The highest BCUT2D eigenvalue weighted by atomic mass is 32.2. The van der Waals surface area contributed by atoms with E-state index in [4.69, 9.17) is 0 Å². The maximum Gasteiger partial charge on any atom is 0.323 e. The molecule has 1 aliphatic heterocycles. The second-order valence-electron chi connectivity index (χ2n) is 8.55. The van der Waals surface area contributed by atoms with Crippen LogP contribution in [0.3, 0.4) is 0 Å². The first kappa shape index (κ1) is 22.9. The van der Waals surface area contributed by atoms with Crippen molar-refractivity contribution in [2.24, 2.45) is 5.92 Å². The Kier molecular flexibility index (Phi) is 6.33. The molecule has 1 aliphatic rings. The van der Waals surface area contributed by atoms with Crippen LogP contribution in [-0.4, -0.2) is 52.2 Å². The van der Waals surface area contributed by atoms with Crippen LogP contribution in [0.2, 0.25) is 0 Å². The largest absolute Gasteiger partial charge is 0.480 e. The molecule has 3 aromatic carbocycles. The van der Waals surface area contributed by atoms with Crippen molar-refractivity contribution in [1.82, 2.24) is 13.9 Å². The van der Waals surface area contributed by atoms with Crippen LogP contribution < -0.4 is 0 Å². The third kappa shape index (κ3) is 4.55. The zero-order valence-electron chi connectivity index (χ0n) is 18.5. The molecule has 0 amide bonds. The lowest BCUT2D eigenvalue weighted by Gasteiger charge is -2.31. The smallest absolute Gasteiger partial charge is 0.323 e. The van der Waals surface area contributed by atoms with Crippen LogP contribution in [0.4, 0.5) is 0 Å². The molecule has 0 aliphatic carbocycles. The van der Waals surface area contributed by atoms with E-state index in [1.807, 2.05) is 54.6 Å². The summed E-state index contributed by atoms with van der Waals surface area (Å²) in [6.07, 6.45) is 1.72. The van der Waals surface area contributed by atoms with Crippen LogP contribution in [-0.2, 0) is 21.4 Å². The number of hydrogen-bond acceptors (Lipinski definition) is 5. The van der Waals surface area contributed by atoms with Gasteiger partial charge < -0.3 is 9.67 Å². The number of benzene rings is 3. The minimum absolute atomic E-state index is 0.157. The molecule has 9 heteroatoms. The zero-order valence-corrected chi connectivity index (χ0v) is 20.1. The predicted molar refractivity (Wildman–Crippen MR) is 134 cm³/mol. The lowest BCUT2D eigenvalue weighted by atomic mass is 10.0. The van der Waals surface area contributed by atoms with E-state index in [9.17, 15) is 18.3 Å². The standard InChI is InChI=1S/C25H25N3O4S2/c29-24(30)16-28-23-10-4-3-9-22(23)26-25(28)33-17-18-6-5-13-27(15-18)34(31,32)21-12-11-19-7-1-2-8-20(19)14-21/h1-4,7-12,14,18H,5-6,13,15-17H2,(H,29,30). The number of aromatic nitrogens is 2. The normalized spacial score (nSPS) is 17.4. The second kappa shape index (κ2) is 9.40. The van der Waals surface area contributed by atoms with Gasteiger partial charge >= 0.3 is 5.97 Å². The van der Waals surface area contributed by atoms with E-state index in [1.54, 1.807) is 21.0 Å². The minimum Gasteiger partial charge on any atom is -0.480 e. The quantitative estimate of drug-likeness (QED) is 0.381. The molecule has 7 nitrogen and oxygen atoms in total. The summed E-state index contributed by atoms with van der Waals surface area (Å²) in [5, 5.41) is 11.9. The molecule has 0 saturated carbocycles. The molecule has 0 radical (unpaired) electrons.